The van der Waals surface area contributed by atoms with E-state index in [1.54, 1.807) is 13.2 Å². The number of para-hydroxylation sites is 1. The highest BCUT2D eigenvalue weighted by Gasteiger charge is 2.21. The van der Waals surface area contributed by atoms with Crippen LogP contribution >= 0.6 is 24.0 Å². The minimum atomic E-state index is -0.183. The second-order valence-corrected chi connectivity index (χ2v) is 7.15. The van der Waals surface area contributed by atoms with E-state index in [0.717, 1.165) is 44.2 Å². The third-order valence-corrected chi connectivity index (χ3v) is 5.10. The SMILES string of the molecule is CCNC(=NCc1ccc(OCCO)c(OC)c1)N1CCN(c2ccccc2F)CC1.I. The molecule has 0 radical (unpaired) electrons. The lowest BCUT2D eigenvalue weighted by molar-refractivity contribution is 0.196. The van der Waals surface area contributed by atoms with Crippen molar-refractivity contribution in [1.29, 1.82) is 0 Å². The summed E-state index contributed by atoms with van der Waals surface area (Å²) in [6.07, 6.45) is 0. The smallest absolute Gasteiger partial charge is 0.194 e. The minimum absolute atomic E-state index is 0. The maximum Gasteiger partial charge on any atom is 0.194 e. The average Bonchev–Trinajstić information content (AvgIpc) is 2.81. The molecule has 2 N–H and O–H groups in total. The van der Waals surface area contributed by atoms with Crippen LogP contribution < -0.4 is 19.7 Å². The molecule has 0 amide bonds. The molecule has 3 rings (SSSR count). The maximum absolute atomic E-state index is 14.1. The maximum atomic E-state index is 14.1. The minimum Gasteiger partial charge on any atom is -0.493 e. The van der Waals surface area contributed by atoms with Crippen molar-refractivity contribution in [2.75, 3.05) is 57.9 Å². The molecule has 0 bridgehead atoms. The molecule has 0 spiro atoms. The van der Waals surface area contributed by atoms with Crippen molar-refractivity contribution in [3.05, 3.63) is 53.8 Å². The fourth-order valence-electron chi connectivity index (χ4n) is 3.54. The van der Waals surface area contributed by atoms with Gasteiger partial charge in [-0.15, -0.1) is 24.0 Å². The molecule has 1 aliphatic heterocycles. The zero-order valence-electron chi connectivity index (χ0n) is 18.6. The lowest BCUT2D eigenvalue weighted by Gasteiger charge is -2.37. The van der Waals surface area contributed by atoms with Gasteiger partial charge in [0.1, 0.15) is 12.4 Å². The van der Waals surface area contributed by atoms with Gasteiger partial charge in [-0.1, -0.05) is 18.2 Å². The summed E-state index contributed by atoms with van der Waals surface area (Å²) in [5.41, 5.74) is 1.65. The summed E-state index contributed by atoms with van der Waals surface area (Å²) in [4.78, 5) is 9.07. The molecule has 0 saturated carbocycles. The largest absolute Gasteiger partial charge is 0.493 e. The van der Waals surface area contributed by atoms with E-state index in [2.05, 4.69) is 15.1 Å². The molecule has 1 heterocycles. The van der Waals surface area contributed by atoms with Crippen molar-refractivity contribution in [1.82, 2.24) is 10.2 Å². The number of guanidine groups is 1. The Balaban J connectivity index is 0.00000363. The van der Waals surface area contributed by atoms with Gasteiger partial charge in [0.2, 0.25) is 0 Å². The standard InChI is InChI=1S/C23H31FN4O3.HI/c1-3-25-23(26-17-18-8-9-21(31-15-14-29)22(16-18)30-2)28-12-10-27(11-13-28)20-7-5-4-6-19(20)24;/h4-9,16,29H,3,10-15,17H2,1-2H3,(H,25,26);1H. The zero-order valence-corrected chi connectivity index (χ0v) is 20.9. The first kappa shape index (κ1) is 26.0. The van der Waals surface area contributed by atoms with Gasteiger partial charge in [0.25, 0.3) is 0 Å². The number of methoxy groups -OCH3 is 1. The average molecular weight is 558 g/mol. The first-order valence-corrected chi connectivity index (χ1v) is 10.6. The molecule has 9 heteroatoms. The van der Waals surface area contributed by atoms with Gasteiger partial charge in [-0.25, -0.2) is 9.38 Å². The summed E-state index contributed by atoms with van der Waals surface area (Å²) in [6.45, 7) is 6.46. The lowest BCUT2D eigenvalue weighted by Crippen LogP contribution is -2.52. The van der Waals surface area contributed by atoms with E-state index < -0.39 is 0 Å². The van der Waals surface area contributed by atoms with Crippen LogP contribution in [-0.4, -0.2) is 69.0 Å². The highest BCUT2D eigenvalue weighted by atomic mass is 127. The number of nitrogens with zero attached hydrogens (tertiary/aromatic N) is 3. The summed E-state index contributed by atoms with van der Waals surface area (Å²) >= 11 is 0. The Morgan fingerprint density at radius 1 is 1.12 bits per heavy atom. The number of benzene rings is 2. The second kappa shape index (κ2) is 13.3. The van der Waals surface area contributed by atoms with E-state index in [1.807, 2.05) is 37.3 Å². The number of aliphatic imine (C=N–C) groups is 1. The zero-order chi connectivity index (χ0) is 22.1. The van der Waals surface area contributed by atoms with E-state index in [-0.39, 0.29) is 43.0 Å². The van der Waals surface area contributed by atoms with Crippen LogP contribution in [0.2, 0.25) is 0 Å². The van der Waals surface area contributed by atoms with Gasteiger partial charge in [-0.3, -0.25) is 0 Å². The number of ether oxygens (including phenoxy) is 2. The Morgan fingerprint density at radius 3 is 2.53 bits per heavy atom. The van der Waals surface area contributed by atoms with Crippen LogP contribution in [0.5, 0.6) is 11.5 Å². The molecule has 0 atom stereocenters. The van der Waals surface area contributed by atoms with E-state index in [1.165, 1.54) is 6.07 Å². The number of rotatable bonds is 8. The van der Waals surface area contributed by atoms with E-state index in [0.29, 0.717) is 23.7 Å². The summed E-state index contributed by atoms with van der Waals surface area (Å²) < 4.78 is 25.0. The van der Waals surface area contributed by atoms with Gasteiger partial charge in [0, 0.05) is 32.7 Å². The predicted molar refractivity (Wildman–Crippen MR) is 136 cm³/mol. The van der Waals surface area contributed by atoms with E-state index in [4.69, 9.17) is 19.6 Å². The molecule has 2 aromatic rings. The van der Waals surface area contributed by atoms with Crippen LogP contribution in [0.3, 0.4) is 0 Å². The number of halogens is 2. The van der Waals surface area contributed by atoms with Gasteiger partial charge >= 0.3 is 0 Å². The Labute approximate surface area is 206 Å². The Morgan fingerprint density at radius 2 is 1.88 bits per heavy atom. The Hall–Kier alpha value is -2.27. The van der Waals surface area contributed by atoms with Crippen LogP contribution in [0.1, 0.15) is 12.5 Å². The van der Waals surface area contributed by atoms with Crippen molar-refractivity contribution >= 4 is 35.6 Å². The number of anilines is 1. The fraction of sp³-hybridized carbons (Fsp3) is 0.435. The number of aliphatic hydroxyl groups excluding tert-OH is 1. The predicted octanol–water partition coefficient (Wildman–Crippen LogP) is 3.11. The van der Waals surface area contributed by atoms with Gasteiger partial charge in [0.05, 0.1) is 25.9 Å². The van der Waals surface area contributed by atoms with Gasteiger partial charge < -0.3 is 29.7 Å². The molecular formula is C23H32FIN4O3. The number of hydrogen-bond donors (Lipinski definition) is 2. The number of aliphatic hydroxyl groups is 1. The van der Waals surface area contributed by atoms with Crippen molar-refractivity contribution < 1.29 is 19.0 Å². The van der Waals surface area contributed by atoms with Crippen LogP contribution in [0.25, 0.3) is 0 Å². The summed E-state index contributed by atoms with van der Waals surface area (Å²) in [5.74, 6) is 1.87. The lowest BCUT2D eigenvalue weighted by atomic mass is 10.2. The molecule has 0 unspecified atom stereocenters. The Kier molecular flexibility index (Phi) is 10.8. The highest BCUT2D eigenvalue weighted by molar-refractivity contribution is 14.0. The highest BCUT2D eigenvalue weighted by Crippen LogP contribution is 2.28. The van der Waals surface area contributed by atoms with Crippen molar-refractivity contribution in [2.24, 2.45) is 4.99 Å². The summed E-state index contributed by atoms with van der Waals surface area (Å²) in [7, 11) is 1.59. The molecule has 2 aromatic carbocycles. The van der Waals surface area contributed by atoms with Crippen LogP contribution in [0.15, 0.2) is 47.5 Å². The number of hydrogen-bond acceptors (Lipinski definition) is 5. The molecule has 0 aromatic heterocycles. The second-order valence-electron chi connectivity index (χ2n) is 7.15. The van der Waals surface area contributed by atoms with Crippen LogP contribution in [-0.2, 0) is 6.54 Å². The first-order chi connectivity index (χ1) is 15.2. The van der Waals surface area contributed by atoms with Crippen molar-refractivity contribution in [2.45, 2.75) is 13.5 Å². The third kappa shape index (κ3) is 6.86. The van der Waals surface area contributed by atoms with E-state index >= 15 is 0 Å². The van der Waals surface area contributed by atoms with Crippen molar-refractivity contribution in [3.63, 3.8) is 0 Å². The number of nitrogens with one attached hydrogen (secondary N) is 1. The quantitative estimate of drug-likeness (QED) is 0.295. The molecule has 1 aliphatic rings. The molecule has 0 aliphatic carbocycles. The topological polar surface area (TPSA) is 69.6 Å². The third-order valence-electron chi connectivity index (χ3n) is 5.10. The normalized spacial score (nSPS) is 14.1. The Bertz CT molecular complexity index is 876. The molecule has 1 fully saturated rings. The van der Waals surface area contributed by atoms with Gasteiger partial charge in [0.15, 0.2) is 17.5 Å². The fourth-order valence-corrected chi connectivity index (χ4v) is 3.54. The number of piperazine rings is 1. The van der Waals surface area contributed by atoms with Gasteiger partial charge in [-0.2, -0.15) is 0 Å². The van der Waals surface area contributed by atoms with Gasteiger partial charge in [-0.05, 0) is 36.8 Å². The molecule has 7 nitrogen and oxygen atoms in total. The van der Waals surface area contributed by atoms with Crippen molar-refractivity contribution in [3.8, 4) is 11.5 Å². The monoisotopic (exact) mass is 558 g/mol. The van der Waals surface area contributed by atoms with E-state index in [9.17, 15) is 4.39 Å². The van der Waals surface area contributed by atoms with Crippen LogP contribution in [0, 0.1) is 5.82 Å². The summed E-state index contributed by atoms with van der Waals surface area (Å²) in [6, 6.07) is 12.6. The summed E-state index contributed by atoms with van der Waals surface area (Å²) in [5, 5.41) is 12.3. The molecular weight excluding hydrogens is 526 g/mol. The molecule has 1 saturated heterocycles. The molecule has 176 valence electrons. The molecule has 32 heavy (non-hydrogen) atoms. The first-order valence-electron chi connectivity index (χ1n) is 10.6. The van der Waals surface area contributed by atoms with Crippen LogP contribution in [0.4, 0.5) is 10.1 Å².